The highest BCUT2D eigenvalue weighted by Crippen LogP contribution is 2.27. The number of anilines is 1. The molecule has 0 unspecified atom stereocenters. The summed E-state index contributed by atoms with van der Waals surface area (Å²) in [5.41, 5.74) is 0.915. The second-order valence-electron chi connectivity index (χ2n) is 6.81. The number of nitrogens with one attached hydrogen (secondary N) is 2. The first-order valence-electron chi connectivity index (χ1n) is 8.37. The van der Waals surface area contributed by atoms with Crippen LogP contribution in [0.3, 0.4) is 0 Å². The fourth-order valence-electron chi connectivity index (χ4n) is 3.35. The van der Waals surface area contributed by atoms with E-state index in [1.54, 1.807) is 6.20 Å². The zero-order chi connectivity index (χ0) is 15.4. The molecule has 2 saturated heterocycles. The minimum absolute atomic E-state index is 0. The predicted octanol–water partition coefficient (Wildman–Crippen LogP) is 2.64. The van der Waals surface area contributed by atoms with Crippen molar-refractivity contribution in [2.75, 3.05) is 37.6 Å². The molecule has 5 nitrogen and oxygen atoms in total. The van der Waals surface area contributed by atoms with E-state index in [2.05, 4.69) is 27.4 Å². The number of amides is 1. The molecule has 1 aromatic heterocycles. The van der Waals surface area contributed by atoms with Crippen LogP contribution in [0, 0.1) is 5.41 Å². The summed E-state index contributed by atoms with van der Waals surface area (Å²) in [6.45, 7) is 7.08. The van der Waals surface area contributed by atoms with E-state index >= 15 is 0 Å². The Hall–Kier alpha value is -1.04. The van der Waals surface area contributed by atoms with Crippen molar-refractivity contribution in [3.63, 3.8) is 0 Å². The number of pyridine rings is 1. The zero-order valence-electron chi connectivity index (χ0n) is 14.2. The van der Waals surface area contributed by atoms with Gasteiger partial charge in [0.05, 0.1) is 5.56 Å². The first-order chi connectivity index (χ1) is 10.7. The number of aromatic nitrogens is 1. The van der Waals surface area contributed by atoms with Crippen LogP contribution in [0.2, 0.25) is 0 Å². The lowest BCUT2D eigenvalue weighted by atomic mass is 9.81. The molecular formula is C17H28Cl2N4O. The number of nitrogens with zero attached hydrogens (tertiary/aromatic N) is 2. The number of carbonyl (C=O) groups excluding carboxylic acids is 1. The average Bonchev–Trinajstić information content (AvgIpc) is 3.08. The molecule has 0 aliphatic carbocycles. The van der Waals surface area contributed by atoms with Crippen molar-refractivity contribution in [1.82, 2.24) is 15.6 Å². The molecule has 1 aromatic rings. The van der Waals surface area contributed by atoms with Crippen LogP contribution in [-0.2, 0) is 0 Å². The molecule has 2 N–H and O–H groups in total. The maximum atomic E-state index is 12.6. The summed E-state index contributed by atoms with van der Waals surface area (Å²) in [6, 6.07) is 3.74. The molecule has 7 heteroatoms. The SMILES string of the molecule is CC1(CNC(=O)c2cccnc2N2CCCC2)CCNCC1.Cl.Cl. The molecule has 2 fully saturated rings. The molecular weight excluding hydrogens is 347 g/mol. The van der Waals surface area contributed by atoms with Crippen molar-refractivity contribution in [1.29, 1.82) is 0 Å². The van der Waals surface area contributed by atoms with Crippen molar-refractivity contribution in [3.05, 3.63) is 23.9 Å². The van der Waals surface area contributed by atoms with E-state index in [1.165, 1.54) is 12.8 Å². The molecule has 136 valence electrons. The molecule has 0 saturated carbocycles. The molecule has 2 aliphatic heterocycles. The van der Waals surface area contributed by atoms with E-state index in [0.29, 0.717) is 5.56 Å². The molecule has 1 amide bonds. The lowest BCUT2D eigenvalue weighted by Gasteiger charge is -2.34. The van der Waals surface area contributed by atoms with Gasteiger partial charge in [-0.2, -0.15) is 0 Å². The quantitative estimate of drug-likeness (QED) is 0.850. The van der Waals surface area contributed by atoms with Crippen LogP contribution < -0.4 is 15.5 Å². The summed E-state index contributed by atoms with van der Waals surface area (Å²) in [5, 5.41) is 6.52. The number of hydrogen-bond acceptors (Lipinski definition) is 4. The van der Waals surface area contributed by atoms with Gasteiger partial charge in [0, 0.05) is 25.8 Å². The van der Waals surface area contributed by atoms with E-state index < -0.39 is 0 Å². The Kier molecular flexibility index (Phi) is 8.27. The summed E-state index contributed by atoms with van der Waals surface area (Å²) < 4.78 is 0. The van der Waals surface area contributed by atoms with E-state index in [4.69, 9.17) is 0 Å². The van der Waals surface area contributed by atoms with Crippen molar-refractivity contribution in [2.45, 2.75) is 32.6 Å². The maximum absolute atomic E-state index is 12.6. The first-order valence-corrected chi connectivity index (χ1v) is 8.37. The summed E-state index contributed by atoms with van der Waals surface area (Å²) in [4.78, 5) is 19.3. The predicted molar refractivity (Wildman–Crippen MR) is 103 cm³/mol. The standard InChI is InChI=1S/C17H26N4O.2ClH/c1-17(6-9-18-10-7-17)13-20-16(22)14-5-4-8-19-15(14)21-11-2-3-12-21;;/h4-5,8,18H,2-3,6-7,9-13H2,1H3,(H,20,22);2*1H. The Bertz CT molecular complexity index is 529. The Morgan fingerprint density at radius 1 is 1.29 bits per heavy atom. The summed E-state index contributed by atoms with van der Waals surface area (Å²) in [6.07, 6.45) is 6.36. The molecule has 24 heavy (non-hydrogen) atoms. The lowest BCUT2D eigenvalue weighted by Crippen LogP contribution is -2.43. The first kappa shape index (κ1) is 21.0. The number of piperidine rings is 1. The average molecular weight is 375 g/mol. The van der Waals surface area contributed by atoms with Crippen molar-refractivity contribution in [3.8, 4) is 0 Å². The van der Waals surface area contributed by atoms with Crippen molar-refractivity contribution < 1.29 is 4.79 Å². The zero-order valence-corrected chi connectivity index (χ0v) is 15.8. The maximum Gasteiger partial charge on any atom is 0.255 e. The molecule has 0 aromatic carbocycles. The highest BCUT2D eigenvalue weighted by Gasteiger charge is 2.28. The van der Waals surface area contributed by atoms with Crippen molar-refractivity contribution >= 4 is 36.5 Å². The van der Waals surface area contributed by atoms with Crippen LogP contribution in [-0.4, -0.2) is 43.6 Å². The Balaban J connectivity index is 0.00000144. The molecule has 3 heterocycles. The molecule has 0 atom stereocenters. The highest BCUT2D eigenvalue weighted by atomic mass is 35.5. The third kappa shape index (κ3) is 4.98. The third-order valence-electron chi connectivity index (χ3n) is 4.92. The second-order valence-corrected chi connectivity index (χ2v) is 6.81. The second kappa shape index (κ2) is 9.44. The minimum atomic E-state index is 0. The van der Waals surface area contributed by atoms with Crippen LogP contribution in [0.25, 0.3) is 0 Å². The number of carbonyl (C=O) groups is 1. The fraction of sp³-hybridized carbons (Fsp3) is 0.647. The van der Waals surface area contributed by atoms with E-state index in [-0.39, 0.29) is 36.1 Å². The van der Waals surface area contributed by atoms with Gasteiger partial charge < -0.3 is 15.5 Å². The van der Waals surface area contributed by atoms with Crippen LogP contribution in [0.15, 0.2) is 18.3 Å². The number of halogens is 2. The van der Waals surface area contributed by atoms with E-state index in [1.807, 2.05) is 12.1 Å². The number of rotatable bonds is 4. The van der Waals surface area contributed by atoms with Gasteiger partial charge in [-0.25, -0.2) is 4.98 Å². The van der Waals surface area contributed by atoms with Crippen molar-refractivity contribution in [2.24, 2.45) is 5.41 Å². The molecule has 0 radical (unpaired) electrons. The summed E-state index contributed by atoms with van der Waals surface area (Å²) in [7, 11) is 0. The third-order valence-corrected chi connectivity index (χ3v) is 4.92. The van der Waals surface area contributed by atoms with E-state index in [9.17, 15) is 4.79 Å². The van der Waals surface area contributed by atoms with Gasteiger partial charge in [-0.15, -0.1) is 24.8 Å². The summed E-state index contributed by atoms with van der Waals surface area (Å²) >= 11 is 0. The Labute approximate surface area is 156 Å². The van der Waals surface area contributed by atoms with Gasteiger partial charge in [0.1, 0.15) is 5.82 Å². The van der Waals surface area contributed by atoms with Gasteiger partial charge >= 0.3 is 0 Å². The molecule has 2 aliphatic rings. The van der Waals surface area contributed by atoms with Gasteiger partial charge in [0.15, 0.2) is 0 Å². The highest BCUT2D eigenvalue weighted by molar-refractivity contribution is 5.98. The summed E-state index contributed by atoms with van der Waals surface area (Å²) in [5.74, 6) is 0.850. The van der Waals surface area contributed by atoms with Crippen LogP contribution >= 0.6 is 24.8 Å². The monoisotopic (exact) mass is 374 g/mol. The smallest absolute Gasteiger partial charge is 0.255 e. The topological polar surface area (TPSA) is 57.3 Å². The Morgan fingerprint density at radius 3 is 2.62 bits per heavy atom. The Morgan fingerprint density at radius 2 is 1.96 bits per heavy atom. The number of hydrogen-bond donors (Lipinski definition) is 2. The fourth-order valence-corrected chi connectivity index (χ4v) is 3.35. The molecule has 0 bridgehead atoms. The largest absolute Gasteiger partial charge is 0.356 e. The minimum Gasteiger partial charge on any atom is -0.356 e. The van der Waals surface area contributed by atoms with Gasteiger partial charge in [-0.05, 0) is 56.3 Å². The lowest BCUT2D eigenvalue weighted by molar-refractivity contribution is 0.0922. The van der Waals surface area contributed by atoms with Gasteiger partial charge in [0.2, 0.25) is 0 Å². The van der Waals surface area contributed by atoms with Gasteiger partial charge in [-0.3, -0.25) is 4.79 Å². The van der Waals surface area contributed by atoms with Gasteiger partial charge in [-0.1, -0.05) is 6.92 Å². The molecule has 3 rings (SSSR count). The van der Waals surface area contributed by atoms with Crippen LogP contribution in [0.4, 0.5) is 5.82 Å². The molecule has 0 spiro atoms. The van der Waals surface area contributed by atoms with Crippen LogP contribution in [0.1, 0.15) is 43.0 Å². The normalized spacial score (nSPS) is 19.1. The van der Waals surface area contributed by atoms with E-state index in [0.717, 1.165) is 51.4 Å². The van der Waals surface area contributed by atoms with Gasteiger partial charge in [0.25, 0.3) is 5.91 Å². The van der Waals surface area contributed by atoms with Crippen LogP contribution in [0.5, 0.6) is 0 Å².